The molecule has 4 aromatic rings. The van der Waals surface area contributed by atoms with E-state index in [-0.39, 0.29) is 5.91 Å². The first-order chi connectivity index (χ1) is 13.2. The summed E-state index contributed by atoms with van der Waals surface area (Å²) in [5.74, 6) is -0.230. The van der Waals surface area contributed by atoms with Crippen LogP contribution in [0, 0.1) is 0 Å². The summed E-state index contributed by atoms with van der Waals surface area (Å²) in [6, 6.07) is 16.4. The molecular weight excluding hydrogens is 380 g/mol. The van der Waals surface area contributed by atoms with Gasteiger partial charge >= 0.3 is 5.63 Å². The molecule has 2 heterocycles. The topological polar surface area (TPSA) is 72.2 Å². The molecule has 1 amide bonds. The maximum absolute atomic E-state index is 12.5. The molecule has 134 valence electrons. The van der Waals surface area contributed by atoms with Crippen molar-refractivity contribution in [2.75, 3.05) is 11.6 Å². The minimum Gasteiger partial charge on any atom is -0.422 e. The summed E-state index contributed by atoms with van der Waals surface area (Å²) in [4.78, 5) is 30.1. The van der Waals surface area contributed by atoms with E-state index in [0.29, 0.717) is 27.5 Å². The summed E-state index contributed by atoms with van der Waals surface area (Å²) in [6.45, 7) is 0. The SMILES string of the molecule is CSc1ccccc1C(=O)Nc1nc(-c2cc3ccccc3oc2=O)cs1. The minimum atomic E-state index is -0.454. The molecule has 0 bridgehead atoms. The Kier molecular flexibility index (Phi) is 4.79. The molecule has 0 radical (unpaired) electrons. The average Bonchev–Trinajstić information content (AvgIpc) is 3.15. The monoisotopic (exact) mass is 394 g/mol. The zero-order valence-electron chi connectivity index (χ0n) is 14.3. The smallest absolute Gasteiger partial charge is 0.345 e. The van der Waals surface area contributed by atoms with E-state index >= 15 is 0 Å². The molecule has 27 heavy (non-hydrogen) atoms. The lowest BCUT2D eigenvalue weighted by atomic mass is 10.1. The summed E-state index contributed by atoms with van der Waals surface area (Å²) < 4.78 is 5.36. The zero-order chi connectivity index (χ0) is 18.8. The number of amides is 1. The van der Waals surface area contributed by atoms with Crippen LogP contribution in [0.25, 0.3) is 22.2 Å². The molecule has 0 aliphatic carbocycles. The number of hydrogen-bond donors (Lipinski definition) is 1. The number of aromatic nitrogens is 1. The van der Waals surface area contributed by atoms with Crippen molar-refractivity contribution in [2.24, 2.45) is 0 Å². The number of fused-ring (bicyclic) bond motifs is 1. The number of nitrogens with zero attached hydrogens (tertiary/aromatic N) is 1. The molecule has 0 aliphatic rings. The molecule has 2 aromatic carbocycles. The van der Waals surface area contributed by atoms with Crippen molar-refractivity contribution in [3.05, 3.63) is 76.0 Å². The largest absolute Gasteiger partial charge is 0.422 e. The second-order valence-corrected chi connectivity index (χ2v) is 7.38. The summed E-state index contributed by atoms with van der Waals surface area (Å²) >= 11 is 2.77. The van der Waals surface area contributed by atoms with Gasteiger partial charge in [0, 0.05) is 15.7 Å². The van der Waals surface area contributed by atoms with Crippen LogP contribution in [0.3, 0.4) is 0 Å². The Hall–Kier alpha value is -2.90. The lowest BCUT2D eigenvalue weighted by Crippen LogP contribution is -2.12. The van der Waals surface area contributed by atoms with Crippen molar-refractivity contribution in [3.8, 4) is 11.3 Å². The Bertz CT molecular complexity index is 1200. The van der Waals surface area contributed by atoms with E-state index in [0.717, 1.165) is 10.3 Å². The number of rotatable bonds is 4. The number of carbonyl (C=O) groups excluding carboxylic acids is 1. The minimum absolute atomic E-state index is 0.230. The number of anilines is 1. The maximum atomic E-state index is 12.5. The van der Waals surface area contributed by atoms with Crippen LogP contribution in [-0.4, -0.2) is 17.1 Å². The number of para-hydroxylation sites is 1. The van der Waals surface area contributed by atoms with Gasteiger partial charge in [-0.25, -0.2) is 9.78 Å². The number of thiazole rings is 1. The van der Waals surface area contributed by atoms with E-state index < -0.39 is 5.63 Å². The van der Waals surface area contributed by atoms with Crippen LogP contribution in [0.5, 0.6) is 0 Å². The van der Waals surface area contributed by atoms with E-state index in [1.54, 1.807) is 23.6 Å². The van der Waals surface area contributed by atoms with Crippen molar-refractivity contribution in [1.82, 2.24) is 4.98 Å². The number of benzene rings is 2. The Morgan fingerprint density at radius 1 is 1.15 bits per heavy atom. The normalized spacial score (nSPS) is 10.9. The highest BCUT2D eigenvalue weighted by molar-refractivity contribution is 7.98. The van der Waals surface area contributed by atoms with E-state index in [1.165, 1.54) is 23.1 Å². The second kappa shape index (κ2) is 7.38. The first-order valence-corrected chi connectivity index (χ1v) is 10.2. The molecule has 4 rings (SSSR count). The molecule has 1 N–H and O–H groups in total. The van der Waals surface area contributed by atoms with Crippen LogP contribution in [0.15, 0.2) is 74.1 Å². The van der Waals surface area contributed by atoms with Gasteiger partial charge in [-0.1, -0.05) is 30.3 Å². The molecule has 0 unspecified atom stereocenters. The molecule has 0 saturated carbocycles. The Morgan fingerprint density at radius 3 is 2.78 bits per heavy atom. The molecule has 0 saturated heterocycles. The van der Waals surface area contributed by atoms with Gasteiger partial charge in [0.05, 0.1) is 16.8 Å². The van der Waals surface area contributed by atoms with Gasteiger partial charge in [0.25, 0.3) is 5.91 Å². The lowest BCUT2D eigenvalue weighted by molar-refractivity contribution is 0.102. The van der Waals surface area contributed by atoms with Crippen LogP contribution in [0.4, 0.5) is 5.13 Å². The third-order valence-corrected chi connectivity index (χ3v) is 5.55. The van der Waals surface area contributed by atoms with Gasteiger partial charge in [-0.15, -0.1) is 23.1 Å². The van der Waals surface area contributed by atoms with E-state index in [4.69, 9.17) is 4.42 Å². The highest BCUT2D eigenvalue weighted by Crippen LogP contribution is 2.26. The fourth-order valence-corrected chi connectivity index (χ4v) is 3.99. The fourth-order valence-electron chi connectivity index (χ4n) is 2.69. The van der Waals surface area contributed by atoms with Crippen molar-refractivity contribution >= 4 is 45.1 Å². The van der Waals surface area contributed by atoms with Crippen molar-refractivity contribution < 1.29 is 9.21 Å². The molecule has 0 fully saturated rings. The quantitative estimate of drug-likeness (QED) is 0.394. The highest BCUT2D eigenvalue weighted by Gasteiger charge is 2.15. The Balaban J connectivity index is 1.63. The number of carbonyl (C=O) groups is 1. The highest BCUT2D eigenvalue weighted by atomic mass is 32.2. The van der Waals surface area contributed by atoms with Gasteiger partial charge in [-0.05, 0) is 30.5 Å². The molecular formula is C20H14N2O3S2. The van der Waals surface area contributed by atoms with Crippen LogP contribution < -0.4 is 10.9 Å². The standard InChI is InChI=1S/C20H14N2O3S2/c1-26-17-9-5-3-7-13(17)18(23)22-20-21-15(11-27-20)14-10-12-6-2-4-8-16(12)25-19(14)24/h2-11H,1H3,(H,21,22,23). The van der Waals surface area contributed by atoms with E-state index in [9.17, 15) is 9.59 Å². The first-order valence-electron chi connectivity index (χ1n) is 8.09. The Labute approximate surface area is 163 Å². The van der Waals surface area contributed by atoms with Gasteiger partial charge in [0.15, 0.2) is 5.13 Å². The maximum Gasteiger partial charge on any atom is 0.345 e. The molecule has 7 heteroatoms. The lowest BCUT2D eigenvalue weighted by Gasteiger charge is -2.06. The Morgan fingerprint density at radius 2 is 1.93 bits per heavy atom. The van der Waals surface area contributed by atoms with Gasteiger partial charge in [0.1, 0.15) is 5.58 Å². The third-order valence-electron chi connectivity index (χ3n) is 3.99. The summed E-state index contributed by atoms with van der Waals surface area (Å²) in [5, 5.41) is 5.78. The number of nitrogens with one attached hydrogen (secondary N) is 1. The van der Waals surface area contributed by atoms with E-state index in [2.05, 4.69) is 10.3 Å². The summed E-state index contributed by atoms with van der Waals surface area (Å²) in [6.07, 6.45) is 1.92. The average molecular weight is 394 g/mol. The predicted octanol–water partition coefficient (Wildman–Crippen LogP) is 4.89. The van der Waals surface area contributed by atoms with Crippen molar-refractivity contribution in [3.63, 3.8) is 0 Å². The predicted molar refractivity (Wildman–Crippen MR) is 110 cm³/mol. The van der Waals surface area contributed by atoms with Crippen LogP contribution in [0.2, 0.25) is 0 Å². The van der Waals surface area contributed by atoms with Gasteiger partial charge < -0.3 is 4.42 Å². The fraction of sp³-hybridized carbons (Fsp3) is 0.0500. The van der Waals surface area contributed by atoms with Crippen molar-refractivity contribution in [2.45, 2.75) is 4.90 Å². The number of hydrogen-bond acceptors (Lipinski definition) is 6. The summed E-state index contributed by atoms with van der Waals surface area (Å²) in [5.41, 5.74) is 1.52. The van der Waals surface area contributed by atoms with Crippen LogP contribution >= 0.6 is 23.1 Å². The van der Waals surface area contributed by atoms with Crippen LogP contribution in [-0.2, 0) is 0 Å². The van der Waals surface area contributed by atoms with Gasteiger partial charge in [-0.2, -0.15) is 0 Å². The van der Waals surface area contributed by atoms with E-state index in [1.807, 2.05) is 42.7 Å². The van der Waals surface area contributed by atoms with Crippen LogP contribution in [0.1, 0.15) is 10.4 Å². The first kappa shape index (κ1) is 17.5. The second-order valence-electron chi connectivity index (χ2n) is 5.68. The molecule has 2 aromatic heterocycles. The molecule has 0 atom stereocenters. The third kappa shape index (κ3) is 3.51. The number of thioether (sulfide) groups is 1. The van der Waals surface area contributed by atoms with Crippen molar-refractivity contribution in [1.29, 1.82) is 0 Å². The molecule has 0 aliphatic heterocycles. The molecule has 0 spiro atoms. The van der Waals surface area contributed by atoms with Gasteiger partial charge in [0.2, 0.25) is 0 Å². The zero-order valence-corrected chi connectivity index (χ0v) is 15.9. The summed E-state index contributed by atoms with van der Waals surface area (Å²) in [7, 11) is 0. The van der Waals surface area contributed by atoms with Gasteiger partial charge in [-0.3, -0.25) is 10.1 Å². The molecule has 5 nitrogen and oxygen atoms in total.